The quantitative estimate of drug-likeness (QED) is 0.663. The Balaban J connectivity index is 1.83. The first-order valence-corrected chi connectivity index (χ1v) is 9.15. The molecule has 0 saturated heterocycles. The summed E-state index contributed by atoms with van der Waals surface area (Å²) >= 11 is 1.37. The number of Topliss-reactive ketones (excluding diaryl/α,β-unsaturated/α-hetero) is 2. The molecule has 0 N–H and O–H groups in total. The SMILES string of the molecule is O=C1C(=Nc2ccccc2)C(Sc2ccccc2)C(=O)c2ccccc21. The number of fused-ring (bicyclic) bond motifs is 1. The van der Waals surface area contributed by atoms with Crippen LogP contribution in [0.3, 0.4) is 0 Å². The lowest BCUT2D eigenvalue weighted by Gasteiger charge is -2.24. The summed E-state index contributed by atoms with van der Waals surface area (Å²) < 4.78 is 0. The summed E-state index contributed by atoms with van der Waals surface area (Å²) in [7, 11) is 0. The largest absolute Gasteiger partial charge is 0.292 e. The van der Waals surface area contributed by atoms with E-state index in [2.05, 4.69) is 4.99 Å². The first-order valence-electron chi connectivity index (χ1n) is 8.27. The second-order valence-corrected chi connectivity index (χ2v) is 7.06. The molecule has 4 rings (SSSR count). The van der Waals surface area contributed by atoms with E-state index in [-0.39, 0.29) is 17.3 Å². The summed E-state index contributed by atoms with van der Waals surface area (Å²) in [5.74, 6) is -0.263. The van der Waals surface area contributed by atoms with Crippen LogP contribution < -0.4 is 0 Å². The molecule has 3 aromatic rings. The number of hydrogen-bond acceptors (Lipinski definition) is 4. The molecule has 0 radical (unpaired) electrons. The van der Waals surface area contributed by atoms with E-state index >= 15 is 0 Å². The third kappa shape index (κ3) is 3.11. The van der Waals surface area contributed by atoms with Crippen molar-refractivity contribution in [2.75, 3.05) is 0 Å². The maximum atomic E-state index is 13.1. The summed E-state index contributed by atoms with van der Waals surface area (Å²) in [6.45, 7) is 0. The van der Waals surface area contributed by atoms with Crippen LogP contribution >= 0.6 is 11.8 Å². The molecule has 0 aromatic heterocycles. The van der Waals surface area contributed by atoms with Crippen molar-refractivity contribution in [1.82, 2.24) is 0 Å². The number of thioether (sulfide) groups is 1. The Kier molecular flexibility index (Phi) is 4.50. The molecule has 3 aromatic carbocycles. The van der Waals surface area contributed by atoms with Crippen molar-refractivity contribution in [3.05, 3.63) is 96.1 Å². The molecule has 0 bridgehead atoms. The highest BCUT2D eigenvalue weighted by Crippen LogP contribution is 2.33. The van der Waals surface area contributed by atoms with Gasteiger partial charge in [-0.05, 0) is 24.3 Å². The van der Waals surface area contributed by atoms with Crippen LogP contribution in [0, 0.1) is 0 Å². The third-order valence-corrected chi connectivity index (χ3v) is 5.38. The predicted octanol–water partition coefficient (Wildman–Crippen LogP) is 5.00. The van der Waals surface area contributed by atoms with Gasteiger partial charge in [-0.1, -0.05) is 60.7 Å². The number of hydrogen-bond donors (Lipinski definition) is 0. The highest BCUT2D eigenvalue weighted by atomic mass is 32.2. The van der Waals surface area contributed by atoms with Crippen LogP contribution in [-0.2, 0) is 0 Å². The fourth-order valence-electron chi connectivity index (χ4n) is 2.91. The lowest BCUT2D eigenvalue weighted by atomic mass is 9.87. The molecule has 0 saturated carbocycles. The van der Waals surface area contributed by atoms with Crippen molar-refractivity contribution in [3.8, 4) is 0 Å². The van der Waals surface area contributed by atoms with E-state index in [4.69, 9.17) is 0 Å². The van der Waals surface area contributed by atoms with Crippen molar-refractivity contribution >= 4 is 34.7 Å². The van der Waals surface area contributed by atoms with Gasteiger partial charge in [0, 0.05) is 16.0 Å². The monoisotopic (exact) mass is 357 g/mol. The zero-order valence-corrected chi connectivity index (χ0v) is 14.6. The van der Waals surface area contributed by atoms with Gasteiger partial charge in [0.05, 0.1) is 5.69 Å². The Morgan fingerprint density at radius 2 is 1.27 bits per heavy atom. The van der Waals surface area contributed by atoms with Crippen LogP contribution in [0.2, 0.25) is 0 Å². The number of nitrogens with zero attached hydrogens (tertiary/aromatic N) is 1. The van der Waals surface area contributed by atoms with Gasteiger partial charge < -0.3 is 0 Å². The molecule has 4 heteroatoms. The zero-order chi connectivity index (χ0) is 17.9. The Labute approximate surface area is 155 Å². The smallest absolute Gasteiger partial charge is 0.209 e. The second kappa shape index (κ2) is 7.10. The lowest BCUT2D eigenvalue weighted by Crippen LogP contribution is -2.39. The van der Waals surface area contributed by atoms with E-state index in [0.717, 1.165) is 4.90 Å². The Bertz CT molecular complexity index is 997. The molecule has 0 spiro atoms. The van der Waals surface area contributed by atoms with Gasteiger partial charge in [-0.3, -0.25) is 9.59 Å². The summed E-state index contributed by atoms with van der Waals surface area (Å²) in [5.41, 5.74) is 1.85. The summed E-state index contributed by atoms with van der Waals surface area (Å²) in [4.78, 5) is 31.7. The number of aliphatic imine (C=N–C) groups is 1. The maximum Gasteiger partial charge on any atom is 0.209 e. The van der Waals surface area contributed by atoms with E-state index in [9.17, 15) is 9.59 Å². The van der Waals surface area contributed by atoms with Crippen molar-refractivity contribution < 1.29 is 9.59 Å². The number of ketones is 2. The van der Waals surface area contributed by atoms with Gasteiger partial charge >= 0.3 is 0 Å². The minimum absolute atomic E-state index is 0.0799. The van der Waals surface area contributed by atoms with E-state index in [1.54, 1.807) is 24.3 Å². The highest BCUT2D eigenvalue weighted by Gasteiger charge is 2.39. The minimum Gasteiger partial charge on any atom is -0.292 e. The lowest BCUT2D eigenvalue weighted by molar-refractivity contribution is 0.0969. The number of carbonyl (C=O) groups is 2. The highest BCUT2D eigenvalue weighted by molar-refractivity contribution is 8.01. The normalized spacial score (nSPS) is 18.0. The minimum atomic E-state index is -0.653. The number of para-hydroxylation sites is 1. The topological polar surface area (TPSA) is 46.5 Å². The zero-order valence-electron chi connectivity index (χ0n) is 13.8. The van der Waals surface area contributed by atoms with Crippen LogP contribution in [-0.4, -0.2) is 22.5 Å². The molecule has 0 heterocycles. The van der Waals surface area contributed by atoms with Gasteiger partial charge in [-0.2, -0.15) is 0 Å². The molecule has 126 valence electrons. The maximum absolute atomic E-state index is 13.1. The number of carbonyl (C=O) groups excluding carboxylic acids is 2. The van der Waals surface area contributed by atoms with Crippen LogP contribution in [0.5, 0.6) is 0 Å². The van der Waals surface area contributed by atoms with E-state index < -0.39 is 5.25 Å². The van der Waals surface area contributed by atoms with Gasteiger partial charge in [0.2, 0.25) is 5.78 Å². The number of benzene rings is 3. The molecule has 3 nitrogen and oxygen atoms in total. The van der Waals surface area contributed by atoms with Gasteiger partial charge in [-0.25, -0.2) is 4.99 Å². The molecular formula is C22H15NO2S. The third-order valence-electron chi connectivity index (χ3n) is 4.16. The molecule has 1 aliphatic carbocycles. The standard InChI is InChI=1S/C22H15NO2S/c24-20-17-13-7-8-14-18(17)21(25)22(26-16-11-5-2-6-12-16)19(20)23-15-9-3-1-4-10-15/h1-14,22H. The van der Waals surface area contributed by atoms with Gasteiger partial charge in [0.15, 0.2) is 5.78 Å². The van der Waals surface area contributed by atoms with Crippen LogP contribution in [0.15, 0.2) is 94.8 Å². The molecule has 1 unspecified atom stereocenters. The molecule has 0 fully saturated rings. The van der Waals surface area contributed by atoms with Crippen molar-refractivity contribution in [3.63, 3.8) is 0 Å². The predicted molar refractivity (Wildman–Crippen MR) is 105 cm³/mol. The Hall–Kier alpha value is -2.98. The van der Waals surface area contributed by atoms with Crippen molar-refractivity contribution in [1.29, 1.82) is 0 Å². The summed E-state index contributed by atoms with van der Waals surface area (Å²) in [6.07, 6.45) is 0. The Morgan fingerprint density at radius 3 is 1.96 bits per heavy atom. The second-order valence-electron chi connectivity index (χ2n) is 5.88. The first kappa shape index (κ1) is 16.5. The molecular weight excluding hydrogens is 342 g/mol. The van der Waals surface area contributed by atoms with E-state index in [1.807, 2.05) is 60.7 Å². The summed E-state index contributed by atoms with van der Waals surface area (Å²) in [6, 6.07) is 25.9. The molecule has 1 atom stereocenters. The average Bonchev–Trinajstić information content (AvgIpc) is 2.70. The molecule has 1 aliphatic rings. The Morgan fingerprint density at radius 1 is 0.692 bits per heavy atom. The van der Waals surface area contributed by atoms with Crippen LogP contribution in [0.4, 0.5) is 5.69 Å². The molecule has 0 amide bonds. The summed E-state index contributed by atoms with van der Waals surface area (Å²) in [5, 5.41) is -0.653. The number of rotatable bonds is 3. The molecule has 0 aliphatic heterocycles. The first-order chi connectivity index (χ1) is 12.7. The van der Waals surface area contributed by atoms with Crippen molar-refractivity contribution in [2.45, 2.75) is 10.1 Å². The van der Waals surface area contributed by atoms with E-state index in [0.29, 0.717) is 16.8 Å². The molecule has 26 heavy (non-hydrogen) atoms. The van der Waals surface area contributed by atoms with Gasteiger partial charge in [0.1, 0.15) is 11.0 Å². The fraction of sp³-hybridized carbons (Fsp3) is 0.0455. The fourth-order valence-corrected chi connectivity index (χ4v) is 4.01. The average molecular weight is 357 g/mol. The van der Waals surface area contributed by atoms with Gasteiger partial charge in [-0.15, -0.1) is 11.8 Å². The van der Waals surface area contributed by atoms with Crippen molar-refractivity contribution in [2.24, 2.45) is 4.99 Å². The van der Waals surface area contributed by atoms with Crippen LogP contribution in [0.1, 0.15) is 20.7 Å². The van der Waals surface area contributed by atoms with Crippen LogP contribution in [0.25, 0.3) is 0 Å². The van der Waals surface area contributed by atoms with Gasteiger partial charge in [0.25, 0.3) is 0 Å². The van der Waals surface area contributed by atoms with E-state index in [1.165, 1.54) is 11.8 Å².